The van der Waals surface area contributed by atoms with E-state index >= 15 is 0 Å². The molecule has 0 saturated heterocycles. The van der Waals surface area contributed by atoms with E-state index in [1.54, 1.807) is 0 Å². The Balaban J connectivity index is 2.00. The fourth-order valence-electron chi connectivity index (χ4n) is 1.23. The molecule has 2 N–H and O–H groups in total. The Hall–Kier alpha value is -0.370. The summed E-state index contributed by atoms with van der Waals surface area (Å²) in [5.41, 5.74) is 5.49. The molecule has 1 aliphatic rings. The zero-order valence-corrected chi connectivity index (χ0v) is 7.18. The fourth-order valence-corrected chi connectivity index (χ4v) is 1.23. The topological polar surface area (TPSA) is 43.1 Å². The van der Waals surface area contributed by atoms with Crippen molar-refractivity contribution in [2.45, 2.75) is 45.1 Å². The number of hydrogen-bond donors (Lipinski definition) is 1. The Kier molecular flexibility index (Phi) is 3.06. The molecule has 2 heteroatoms. The number of carbonyl (C=O) groups excluding carboxylic acids is 1. The third-order valence-electron chi connectivity index (χ3n) is 2.08. The van der Waals surface area contributed by atoms with Gasteiger partial charge in [-0.25, -0.2) is 0 Å². The number of nitrogens with two attached hydrogens (primary N) is 1. The molecule has 1 rings (SSSR count). The van der Waals surface area contributed by atoms with Crippen molar-refractivity contribution in [2.24, 2.45) is 11.7 Å². The maximum atomic E-state index is 11.1. The van der Waals surface area contributed by atoms with Crippen LogP contribution < -0.4 is 5.73 Å². The minimum Gasteiger partial charge on any atom is -0.328 e. The van der Waals surface area contributed by atoms with E-state index in [4.69, 9.17) is 5.73 Å². The molecule has 0 aromatic carbocycles. The summed E-state index contributed by atoms with van der Waals surface area (Å²) in [6.45, 7) is 1.88. The van der Waals surface area contributed by atoms with Crippen LogP contribution in [0.2, 0.25) is 0 Å². The van der Waals surface area contributed by atoms with Gasteiger partial charge in [-0.15, -0.1) is 0 Å². The molecule has 1 saturated carbocycles. The van der Waals surface area contributed by atoms with E-state index in [-0.39, 0.29) is 6.04 Å². The molecule has 1 fully saturated rings. The van der Waals surface area contributed by atoms with Crippen LogP contribution in [-0.2, 0) is 4.79 Å². The van der Waals surface area contributed by atoms with Gasteiger partial charge in [0.05, 0.1) is 0 Å². The minimum atomic E-state index is 0.0432. The van der Waals surface area contributed by atoms with Crippen molar-refractivity contribution in [2.75, 3.05) is 0 Å². The normalized spacial score (nSPS) is 19.8. The monoisotopic (exact) mass is 155 g/mol. The van der Waals surface area contributed by atoms with Gasteiger partial charge in [-0.2, -0.15) is 0 Å². The Morgan fingerprint density at radius 1 is 1.64 bits per heavy atom. The zero-order valence-electron chi connectivity index (χ0n) is 7.18. The van der Waals surface area contributed by atoms with E-state index in [9.17, 15) is 4.79 Å². The summed E-state index contributed by atoms with van der Waals surface area (Å²) in [6, 6.07) is 0.0432. The Bertz CT molecular complexity index is 138. The molecule has 1 aliphatic carbocycles. The second kappa shape index (κ2) is 3.86. The number of hydrogen-bond acceptors (Lipinski definition) is 2. The lowest BCUT2D eigenvalue weighted by Gasteiger charge is -2.02. The second-order valence-corrected chi connectivity index (χ2v) is 3.70. The van der Waals surface area contributed by atoms with Gasteiger partial charge in [-0.05, 0) is 19.3 Å². The zero-order chi connectivity index (χ0) is 8.27. The minimum absolute atomic E-state index is 0.0432. The summed E-state index contributed by atoms with van der Waals surface area (Å²) >= 11 is 0. The largest absolute Gasteiger partial charge is 0.328 e. The lowest BCUT2D eigenvalue weighted by atomic mass is 10.1. The van der Waals surface area contributed by atoms with E-state index in [0.717, 1.165) is 18.8 Å². The summed E-state index contributed by atoms with van der Waals surface area (Å²) in [6.07, 6.45) is 5.10. The first-order valence-electron chi connectivity index (χ1n) is 4.45. The third-order valence-corrected chi connectivity index (χ3v) is 2.08. The first-order valence-corrected chi connectivity index (χ1v) is 4.45. The molecule has 1 atom stereocenters. The van der Waals surface area contributed by atoms with Crippen LogP contribution in [0.4, 0.5) is 0 Å². The quantitative estimate of drug-likeness (QED) is 0.653. The molecule has 11 heavy (non-hydrogen) atoms. The first kappa shape index (κ1) is 8.72. The van der Waals surface area contributed by atoms with Crippen LogP contribution in [0.25, 0.3) is 0 Å². The van der Waals surface area contributed by atoms with E-state index in [1.807, 2.05) is 6.92 Å². The van der Waals surface area contributed by atoms with Gasteiger partial charge in [0.15, 0.2) is 0 Å². The van der Waals surface area contributed by atoms with Crippen LogP contribution in [0.15, 0.2) is 0 Å². The van der Waals surface area contributed by atoms with Gasteiger partial charge >= 0.3 is 0 Å². The number of ketones is 1. The highest BCUT2D eigenvalue weighted by Crippen LogP contribution is 2.33. The lowest BCUT2D eigenvalue weighted by molar-refractivity contribution is -0.119. The number of rotatable bonds is 5. The maximum Gasteiger partial charge on any atom is 0.134 e. The molecule has 0 spiro atoms. The van der Waals surface area contributed by atoms with Crippen molar-refractivity contribution in [3.8, 4) is 0 Å². The average molecular weight is 155 g/mol. The Morgan fingerprint density at radius 2 is 2.27 bits per heavy atom. The summed E-state index contributed by atoms with van der Waals surface area (Å²) in [4.78, 5) is 11.1. The SMILES string of the molecule is CC(N)CC(=O)CCC1CC1. The van der Waals surface area contributed by atoms with Crippen LogP contribution in [0, 0.1) is 5.92 Å². The maximum absolute atomic E-state index is 11.1. The molecule has 0 aromatic rings. The van der Waals surface area contributed by atoms with Gasteiger partial charge in [-0.3, -0.25) is 4.79 Å². The van der Waals surface area contributed by atoms with Gasteiger partial charge in [0.1, 0.15) is 5.78 Å². The van der Waals surface area contributed by atoms with Crippen molar-refractivity contribution in [1.82, 2.24) is 0 Å². The van der Waals surface area contributed by atoms with E-state index < -0.39 is 0 Å². The van der Waals surface area contributed by atoms with Gasteiger partial charge in [0.25, 0.3) is 0 Å². The van der Waals surface area contributed by atoms with Crippen LogP contribution in [-0.4, -0.2) is 11.8 Å². The molecule has 1 unspecified atom stereocenters. The number of carbonyl (C=O) groups is 1. The fraction of sp³-hybridized carbons (Fsp3) is 0.889. The van der Waals surface area contributed by atoms with Crippen LogP contribution >= 0.6 is 0 Å². The summed E-state index contributed by atoms with van der Waals surface area (Å²) in [5, 5.41) is 0. The van der Waals surface area contributed by atoms with Crippen molar-refractivity contribution in [3.63, 3.8) is 0 Å². The smallest absolute Gasteiger partial charge is 0.134 e. The molecule has 0 radical (unpaired) electrons. The third kappa shape index (κ3) is 4.14. The molecule has 64 valence electrons. The van der Waals surface area contributed by atoms with Crippen molar-refractivity contribution >= 4 is 5.78 Å². The molecule has 0 aromatic heterocycles. The Morgan fingerprint density at radius 3 is 2.73 bits per heavy atom. The highest BCUT2D eigenvalue weighted by atomic mass is 16.1. The van der Waals surface area contributed by atoms with Gasteiger partial charge in [0, 0.05) is 18.9 Å². The van der Waals surface area contributed by atoms with Crippen LogP contribution in [0.1, 0.15) is 39.0 Å². The highest BCUT2D eigenvalue weighted by Gasteiger charge is 2.21. The number of Topliss-reactive ketones (excluding diaryl/α,β-unsaturated/α-hetero) is 1. The summed E-state index contributed by atoms with van der Waals surface area (Å²) < 4.78 is 0. The predicted molar refractivity (Wildman–Crippen MR) is 45.2 cm³/mol. The molecule has 2 nitrogen and oxygen atoms in total. The molecule has 0 amide bonds. The first-order chi connectivity index (χ1) is 5.18. The van der Waals surface area contributed by atoms with Crippen molar-refractivity contribution in [3.05, 3.63) is 0 Å². The van der Waals surface area contributed by atoms with Gasteiger partial charge in [-0.1, -0.05) is 12.8 Å². The van der Waals surface area contributed by atoms with E-state index in [1.165, 1.54) is 12.8 Å². The molecular weight excluding hydrogens is 138 g/mol. The summed E-state index contributed by atoms with van der Waals surface area (Å²) in [5.74, 6) is 1.21. The van der Waals surface area contributed by atoms with Gasteiger partial charge < -0.3 is 5.73 Å². The average Bonchev–Trinajstić information content (AvgIpc) is 2.63. The summed E-state index contributed by atoms with van der Waals surface area (Å²) in [7, 11) is 0. The van der Waals surface area contributed by atoms with Crippen molar-refractivity contribution < 1.29 is 4.79 Å². The van der Waals surface area contributed by atoms with Crippen molar-refractivity contribution in [1.29, 1.82) is 0 Å². The van der Waals surface area contributed by atoms with E-state index in [0.29, 0.717) is 12.2 Å². The molecular formula is C9H17NO. The lowest BCUT2D eigenvalue weighted by Crippen LogP contribution is -2.19. The molecule has 0 aliphatic heterocycles. The van der Waals surface area contributed by atoms with Crippen LogP contribution in [0.3, 0.4) is 0 Å². The van der Waals surface area contributed by atoms with Crippen LogP contribution in [0.5, 0.6) is 0 Å². The predicted octanol–water partition coefficient (Wildman–Crippen LogP) is 1.48. The standard InChI is InChI=1S/C9H17NO/c1-7(10)6-9(11)5-4-8-2-3-8/h7-8H,2-6,10H2,1H3. The van der Waals surface area contributed by atoms with E-state index in [2.05, 4.69) is 0 Å². The highest BCUT2D eigenvalue weighted by molar-refractivity contribution is 5.78. The Labute approximate surface area is 68.2 Å². The molecule has 0 bridgehead atoms. The van der Waals surface area contributed by atoms with Gasteiger partial charge in [0.2, 0.25) is 0 Å². The molecule has 0 heterocycles. The second-order valence-electron chi connectivity index (χ2n) is 3.70.